The van der Waals surface area contributed by atoms with E-state index in [1.807, 2.05) is 6.07 Å². The Labute approximate surface area is 172 Å². The molecule has 1 aliphatic carbocycles. The summed E-state index contributed by atoms with van der Waals surface area (Å²) in [5.74, 6) is -0.344. The third kappa shape index (κ3) is 3.78. The lowest BCUT2D eigenvalue weighted by molar-refractivity contribution is 0.193. The number of nitrogens with one attached hydrogen (secondary N) is 1. The van der Waals surface area contributed by atoms with Crippen molar-refractivity contribution in [1.82, 2.24) is 15.0 Å². The van der Waals surface area contributed by atoms with Gasteiger partial charge in [-0.05, 0) is 43.7 Å². The normalized spacial score (nSPS) is 18.6. The molecule has 0 bridgehead atoms. The number of piperidine rings is 1. The van der Waals surface area contributed by atoms with E-state index in [9.17, 15) is 13.2 Å². The van der Waals surface area contributed by atoms with Gasteiger partial charge < -0.3 is 10.2 Å². The van der Waals surface area contributed by atoms with Crippen LogP contribution >= 0.6 is 0 Å². The number of hydrogen-bond acceptors (Lipinski definition) is 5. The number of rotatable bonds is 5. The molecule has 5 rings (SSSR count). The highest BCUT2D eigenvalue weighted by Gasteiger charge is 2.32. The van der Waals surface area contributed by atoms with E-state index in [0.29, 0.717) is 37.5 Å². The maximum atomic E-state index is 15.0. The van der Waals surface area contributed by atoms with Gasteiger partial charge in [-0.2, -0.15) is 0 Å². The number of anilines is 2. The molecule has 1 atom stereocenters. The Morgan fingerprint density at radius 3 is 2.53 bits per heavy atom. The lowest BCUT2D eigenvalue weighted by atomic mass is 9.88. The Kier molecular flexibility index (Phi) is 4.92. The van der Waals surface area contributed by atoms with Crippen LogP contribution in [0.2, 0.25) is 0 Å². The molecular weight excluding hydrogens is 391 g/mol. The molecule has 156 valence electrons. The fraction of sp³-hybridized carbons (Fsp3) is 0.409. The molecule has 3 aromatic rings. The third-order valence-electron chi connectivity index (χ3n) is 5.88. The molecule has 2 fully saturated rings. The van der Waals surface area contributed by atoms with E-state index >= 15 is 0 Å². The third-order valence-corrected chi connectivity index (χ3v) is 5.88. The van der Waals surface area contributed by atoms with Crippen LogP contribution in [0, 0.1) is 17.6 Å². The molecule has 0 unspecified atom stereocenters. The highest BCUT2D eigenvalue weighted by Crippen LogP contribution is 2.38. The van der Waals surface area contributed by atoms with Crippen molar-refractivity contribution >= 4 is 22.7 Å². The van der Waals surface area contributed by atoms with Gasteiger partial charge >= 0.3 is 0 Å². The SMILES string of the molecule is Fc1ccc([C@@H](F)C2CCN(c3nc4cnccc4nc3NC3CC3)CC2)c(F)c1. The van der Waals surface area contributed by atoms with Crippen LogP contribution in [-0.2, 0) is 0 Å². The van der Waals surface area contributed by atoms with Gasteiger partial charge in [-0.15, -0.1) is 0 Å². The van der Waals surface area contributed by atoms with Gasteiger partial charge in [-0.25, -0.2) is 23.1 Å². The molecule has 0 radical (unpaired) electrons. The van der Waals surface area contributed by atoms with Crippen LogP contribution in [0.5, 0.6) is 0 Å². The number of alkyl halides is 1. The van der Waals surface area contributed by atoms with Gasteiger partial charge in [0, 0.05) is 37.0 Å². The van der Waals surface area contributed by atoms with Gasteiger partial charge in [0.2, 0.25) is 0 Å². The topological polar surface area (TPSA) is 53.9 Å². The summed E-state index contributed by atoms with van der Waals surface area (Å²) >= 11 is 0. The first-order chi connectivity index (χ1) is 14.6. The van der Waals surface area contributed by atoms with Crippen molar-refractivity contribution in [2.75, 3.05) is 23.3 Å². The maximum absolute atomic E-state index is 15.0. The summed E-state index contributed by atoms with van der Waals surface area (Å²) < 4.78 is 42.1. The van der Waals surface area contributed by atoms with E-state index in [1.165, 1.54) is 6.07 Å². The molecule has 2 aliphatic rings. The minimum atomic E-state index is -1.45. The van der Waals surface area contributed by atoms with Gasteiger partial charge in [0.05, 0.1) is 11.7 Å². The second-order valence-electron chi connectivity index (χ2n) is 8.07. The van der Waals surface area contributed by atoms with E-state index in [-0.39, 0.29) is 11.5 Å². The number of fused-ring (bicyclic) bond motifs is 1. The summed E-state index contributed by atoms with van der Waals surface area (Å²) in [6, 6.07) is 5.31. The lowest BCUT2D eigenvalue weighted by Crippen LogP contribution is -2.36. The van der Waals surface area contributed by atoms with Crippen LogP contribution in [0.15, 0.2) is 36.7 Å². The predicted octanol–water partition coefficient (Wildman–Crippen LogP) is 4.80. The quantitative estimate of drug-likeness (QED) is 0.651. The number of benzene rings is 1. The summed E-state index contributed by atoms with van der Waals surface area (Å²) in [4.78, 5) is 15.7. The Balaban J connectivity index is 1.35. The predicted molar refractivity (Wildman–Crippen MR) is 109 cm³/mol. The van der Waals surface area contributed by atoms with E-state index in [0.717, 1.165) is 42.1 Å². The zero-order valence-electron chi connectivity index (χ0n) is 16.4. The molecule has 30 heavy (non-hydrogen) atoms. The molecule has 1 aromatic carbocycles. The Bertz CT molecular complexity index is 1060. The number of pyridine rings is 1. The molecule has 2 aromatic heterocycles. The number of aromatic nitrogens is 3. The standard InChI is InChI=1S/C22H22F3N5/c23-14-1-4-16(17(24)11-14)20(25)13-6-9-30(10-7-13)22-21(27-15-2-3-15)28-18-5-8-26-12-19(18)29-22/h1,4-5,8,11-13,15,20H,2-3,6-7,9-10H2,(H,27,28)/t20-/m0/s1. The Morgan fingerprint density at radius 1 is 1.00 bits per heavy atom. The summed E-state index contributed by atoms with van der Waals surface area (Å²) in [6.07, 6.45) is 5.26. The zero-order chi connectivity index (χ0) is 20.7. The van der Waals surface area contributed by atoms with Crippen LogP contribution in [0.3, 0.4) is 0 Å². The minimum Gasteiger partial charge on any atom is -0.364 e. The summed E-state index contributed by atoms with van der Waals surface area (Å²) in [7, 11) is 0. The highest BCUT2D eigenvalue weighted by molar-refractivity contribution is 5.80. The minimum absolute atomic E-state index is 0.0671. The summed E-state index contributed by atoms with van der Waals surface area (Å²) in [6.45, 7) is 1.18. The van der Waals surface area contributed by atoms with Crippen molar-refractivity contribution in [1.29, 1.82) is 0 Å². The van der Waals surface area contributed by atoms with Crippen LogP contribution < -0.4 is 10.2 Å². The summed E-state index contributed by atoms with van der Waals surface area (Å²) in [5.41, 5.74) is 1.43. The number of halogens is 3. The average molecular weight is 413 g/mol. The molecule has 1 N–H and O–H groups in total. The molecule has 5 nitrogen and oxygen atoms in total. The van der Waals surface area contributed by atoms with E-state index in [4.69, 9.17) is 9.97 Å². The molecule has 0 amide bonds. The monoisotopic (exact) mass is 413 g/mol. The molecule has 1 saturated carbocycles. The number of nitrogens with zero attached hydrogens (tertiary/aromatic N) is 4. The van der Waals surface area contributed by atoms with Crippen LogP contribution in [0.25, 0.3) is 11.0 Å². The second-order valence-corrected chi connectivity index (χ2v) is 8.07. The Morgan fingerprint density at radius 2 is 1.80 bits per heavy atom. The molecule has 1 saturated heterocycles. The maximum Gasteiger partial charge on any atom is 0.172 e. The highest BCUT2D eigenvalue weighted by atomic mass is 19.1. The molecular formula is C22H22F3N5. The van der Waals surface area contributed by atoms with Crippen molar-refractivity contribution in [3.8, 4) is 0 Å². The largest absolute Gasteiger partial charge is 0.364 e. The van der Waals surface area contributed by atoms with Crippen molar-refractivity contribution in [3.05, 3.63) is 53.9 Å². The molecule has 8 heteroatoms. The van der Waals surface area contributed by atoms with Crippen molar-refractivity contribution in [2.45, 2.75) is 37.9 Å². The molecule has 1 aliphatic heterocycles. The van der Waals surface area contributed by atoms with Crippen LogP contribution in [0.1, 0.15) is 37.4 Å². The van der Waals surface area contributed by atoms with Crippen LogP contribution in [-0.4, -0.2) is 34.1 Å². The first kappa shape index (κ1) is 19.1. The average Bonchev–Trinajstić information content (AvgIpc) is 3.57. The molecule has 3 heterocycles. The van der Waals surface area contributed by atoms with Crippen LogP contribution in [0.4, 0.5) is 24.8 Å². The van der Waals surface area contributed by atoms with Crippen molar-refractivity contribution < 1.29 is 13.2 Å². The van der Waals surface area contributed by atoms with Crippen molar-refractivity contribution in [2.24, 2.45) is 5.92 Å². The summed E-state index contributed by atoms with van der Waals surface area (Å²) in [5, 5.41) is 3.45. The van der Waals surface area contributed by atoms with E-state index in [1.54, 1.807) is 12.4 Å². The van der Waals surface area contributed by atoms with Gasteiger partial charge in [0.25, 0.3) is 0 Å². The first-order valence-electron chi connectivity index (χ1n) is 10.3. The Hall–Kier alpha value is -2.90. The van der Waals surface area contributed by atoms with Gasteiger partial charge in [-0.1, -0.05) is 6.07 Å². The van der Waals surface area contributed by atoms with E-state index < -0.39 is 17.8 Å². The second kappa shape index (κ2) is 7.74. The smallest absolute Gasteiger partial charge is 0.172 e. The van der Waals surface area contributed by atoms with Gasteiger partial charge in [0.15, 0.2) is 11.6 Å². The number of hydrogen-bond donors (Lipinski definition) is 1. The lowest BCUT2D eigenvalue weighted by Gasteiger charge is -2.35. The fourth-order valence-corrected chi connectivity index (χ4v) is 4.02. The van der Waals surface area contributed by atoms with Gasteiger partial charge in [0.1, 0.15) is 23.3 Å². The van der Waals surface area contributed by atoms with E-state index in [2.05, 4.69) is 15.2 Å². The zero-order valence-corrected chi connectivity index (χ0v) is 16.4. The van der Waals surface area contributed by atoms with Gasteiger partial charge in [-0.3, -0.25) is 4.98 Å². The first-order valence-corrected chi connectivity index (χ1v) is 10.3. The molecule has 0 spiro atoms. The van der Waals surface area contributed by atoms with Crippen molar-refractivity contribution in [3.63, 3.8) is 0 Å². The fourth-order valence-electron chi connectivity index (χ4n) is 4.02.